The van der Waals surface area contributed by atoms with Gasteiger partial charge in [-0.25, -0.2) is 4.98 Å². The molecule has 0 aliphatic heterocycles. The van der Waals surface area contributed by atoms with Crippen LogP contribution in [0.1, 0.15) is 0 Å². The Bertz CT molecular complexity index is 2920. The first kappa shape index (κ1) is 29.0. The molecule has 0 saturated heterocycles. The van der Waals surface area contributed by atoms with Crippen molar-refractivity contribution in [3.63, 3.8) is 0 Å². The minimum Gasteiger partial charge on any atom is -0.507 e. The zero-order valence-corrected chi connectivity index (χ0v) is 27.4. The zero-order valence-electron chi connectivity index (χ0n) is 27.4. The largest absolute Gasteiger partial charge is 0.507 e. The Hall–Kier alpha value is -6.98. The number of hydrogen-bond donors (Lipinski definition) is 1. The third kappa shape index (κ3) is 4.78. The topological polar surface area (TPSA) is 64.1 Å². The Morgan fingerprint density at radius 3 is 2.12 bits per heavy atom. The molecule has 0 atom stereocenters. The first-order valence-electron chi connectivity index (χ1n) is 17.0. The molecule has 10 aromatic rings. The van der Waals surface area contributed by atoms with Crippen LogP contribution < -0.4 is 0 Å². The lowest BCUT2D eigenvalue weighted by Gasteiger charge is -2.12. The third-order valence-corrected chi connectivity index (χ3v) is 9.74. The van der Waals surface area contributed by atoms with Crippen LogP contribution in [0, 0.1) is 0 Å². The van der Waals surface area contributed by atoms with Crippen molar-refractivity contribution in [2.45, 2.75) is 0 Å². The lowest BCUT2D eigenvalue weighted by molar-refractivity contribution is 0.477. The van der Waals surface area contributed by atoms with Crippen molar-refractivity contribution in [3.05, 3.63) is 170 Å². The minimum atomic E-state index is 0.181. The summed E-state index contributed by atoms with van der Waals surface area (Å²) in [5, 5.41) is 15.4. The standard InChI is InChI=1S/C46H29N3O2/c50-41-21-10-9-18-37(41)46-48-45-36(19-11-20-40(45)49(46)34-15-5-2-6-16-34)32-24-31(29-12-3-1-4-13-29)25-33(26-32)39-27-43-38(28-47-39)44-35-17-8-7-14-30(35)22-23-42(44)51-43/h1-28,50H. The predicted molar refractivity (Wildman–Crippen MR) is 207 cm³/mol. The van der Waals surface area contributed by atoms with Gasteiger partial charge in [0, 0.05) is 39.8 Å². The number of benzene rings is 7. The quantitative estimate of drug-likeness (QED) is 0.200. The molecule has 3 heterocycles. The van der Waals surface area contributed by atoms with Gasteiger partial charge in [0.25, 0.3) is 0 Å². The molecular weight excluding hydrogens is 627 g/mol. The maximum absolute atomic E-state index is 11.0. The molecule has 10 rings (SSSR count). The number of hydrogen-bond acceptors (Lipinski definition) is 4. The van der Waals surface area contributed by atoms with Crippen LogP contribution in [-0.4, -0.2) is 19.6 Å². The number of furan rings is 1. The van der Waals surface area contributed by atoms with E-state index in [4.69, 9.17) is 14.4 Å². The summed E-state index contributed by atoms with van der Waals surface area (Å²) in [7, 11) is 0. The van der Waals surface area contributed by atoms with Crippen LogP contribution in [0.15, 0.2) is 174 Å². The van der Waals surface area contributed by atoms with Crippen LogP contribution >= 0.6 is 0 Å². The summed E-state index contributed by atoms with van der Waals surface area (Å²) in [5.74, 6) is 0.852. The minimum absolute atomic E-state index is 0.181. The summed E-state index contributed by atoms with van der Waals surface area (Å²) in [6.07, 6.45) is 1.94. The number of pyridine rings is 1. The number of phenols is 1. The van der Waals surface area contributed by atoms with Gasteiger partial charge in [-0.15, -0.1) is 0 Å². The van der Waals surface area contributed by atoms with E-state index in [1.54, 1.807) is 6.07 Å². The van der Waals surface area contributed by atoms with Crippen LogP contribution in [0.2, 0.25) is 0 Å². The Balaban J connectivity index is 1.20. The monoisotopic (exact) mass is 655 g/mol. The SMILES string of the molecule is Oc1ccccc1-c1nc2c(-c3cc(-c4ccccc4)cc(-c4cc5oc6ccc7ccccc7c6c5cn4)c3)cccc2n1-c1ccccc1. The molecule has 0 amide bonds. The summed E-state index contributed by atoms with van der Waals surface area (Å²) in [6, 6.07) is 55.4. The lowest BCUT2D eigenvalue weighted by atomic mass is 9.94. The number of nitrogens with zero attached hydrogens (tertiary/aromatic N) is 3. The van der Waals surface area contributed by atoms with Gasteiger partial charge < -0.3 is 9.52 Å². The summed E-state index contributed by atoms with van der Waals surface area (Å²) < 4.78 is 8.57. The molecule has 0 radical (unpaired) electrons. The summed E-state index contributed by atoms with van der Waals surface area (Å²) in [6.45, 7) is 0. The summed E-state index contributed by atoms with van der Waals surface area (Å²) in [4.78, 5) is 10.3. The summed E-state index contributed by atoms with van der Waals surface area (Å²) >= 11 is 0. The van der Waals surface area contributed by atoms with Gasteiger partial charge in [0.15, 0.2) is 0 Å². The smallest absolute Gasteiger partial charge is 0.149 e. The molecular formula is C46H29N3O2. The van der Waals surface area contributed by atoms with Gasteiger partial charge in [-0.3, -0.25) is 9.55 Å². The van der Waals surface area contributed by atoms with Gasteiger partial charge in [-0.1, -0.05) is 103 Å². The van der Waals surface area contributed by atoms with E-state index in [9.17, 15) is 5.11 Å². The lowest BCUT2D eigenvalue weighted by Crippen LogP contribution is -1.97. The Morgan fingerprint density at radius 1 is 0.529 bits per heavy atom. The van der Waals surface area contributed by atoms with E-state index in [2.05, 4.69) is 114 Å². The molecule has 1 N–H and O–H groups in total. The molecule has 3 aromatic heterocycles. The summed E-state index contributed by atoms with van der Waals surface area (Å²) in [5.41, 5.74) is 11.0. The number of aromatic nitrogens is 3. The second-order valence-electron chi connectivity index (χ2n) is 12.8. The van der Waals surface area contributed by atoms with E-state index < -0.39 is 0 Å². The maximum Gasteiger partial charge on any atom is 0.149 e. The third-order valence-electron chi connectivity index (χ3n) is 9.74. The molecule has 0 aliphatic rings. The van der Waals surface area contributed by atoms with Crippen molar-refractivity contribution < 1.29 is 9.52 Å². The highest BCUT2D eigenvalue weighted by Crippen LogP contribution is 2.41. The fraction of sp³-hybridized carbons (Fsp3) is 0. The Labute approximate surface area is 293 Å². The van der Waals surface area contributed by atoms with Crippen molar-refractivity contribution in [2.24, 2.45) is 0 Å². The fourth-order valence-electron chi connectivity index (χ4n) is 7.34. The van der Waals surface area contributed by atoms with Crippen LogP contribution in [0.4, 0.5) is 0 Å². The number of aromatic hydroxyl groups is 1. The molecule has 0 aliphatic carbocycles. The van der Waals surface area contributed by atoms with Gasteiger partial charge in [0.05, 0.1) is 22.3 Å². The van der Waals surface area contributed by atoms with Gasteiger partial charge in [0.1, 0.15) is 22.7 Å². The first-order chi connectivity index (χ1) is 25.2. The molecule has 5 heteroatoms. The number of para-hydroxylation sites is 3. The molecule has 0 unspecified atom stereocenters. The van der Waals surface area contributed by atoms with Gasteiger partial charge in [0.2, 0.25) is 0 Å². The molecule has 51 heavy (non-hydrogen) atoms. The van der Waals surface area contributed by atoms with Crippen molar-refractivity contribution >= 4 is 43.7 Å². The highest BCUT2D eigenvalue weighted by Gasteiger charge is 2.20. The Kier molecular flexibility index (Phi) is 6.58. The van der Waals surface area contributed by atoms with E-state index in [0.29, 0.717) is 11.4 Å². The fourth-order valence-corrected chi connectivity index (χ4v) is 7.34. The second-order valence-corrected chi connectivity index (χ2v) is 12.8. The van der Waals surface area contributed by atoms with Crippen LogP contribution in [0.5, 0.6) is 5.75 Å². The number of rotatable bonds is 5. The normalized spacial score (nSPS) is 11.6. The molecule has 240 valence electrons. The van der Waals surface area contributed by atoms with Crippen molar-refractivity contribution in [3.8, 4) is 56.3 Å². The van der Waals surface area contributed by atoms with Gasteiger partial charge >= 0.3 is 0 Å². The van der Waals surface area contributed by atoms with Crippen LogP contribution in [0.25, 0.3) is 94.3 Å². The van der Waals surface area contributed by atoms with E-state index in [1.165, 1.54) is 5.39 Å². The van der Waals surface area contributed by atoms with Crippen molar-refractivity contribution in [1.29, 1.82) is 0 Å². The first-order valence-corrected chi connectivity index (χ1v) is 17.0. The van der Waals surface area contributed by atoms with E-state index in [0.717, 1.165) is 77.6 Å². The molecule has 5 nitrogen and oxygen atoms in total. The number of fused-ring (bicyclic) bond motifs is 6. The average Bonchev–Trinajstić information content (AvgIpc) is 3.77. The van der Waals surface area contributed by atoms with Crippen molar-refractivity contribution in [2.75, 3.05) is 0 Å². The van der Waals surface area contributed by atoms with E-state index in [1.807, 2.05) is 54.7 Å². The number of imidazole rings is 1. The maximum atomic E-state index is 11.0. The molecule has 0 spiro atoms. The highest BCUT2D eigenvalue weighted by molar-refractivity contribution is 6.18. The Morgan fingerprint density at radius 2 is 1.25 bits per heavy atom. The molecule has 7 aromatic carbocycles. The number of phenolic OH excluding ortho intramolecular Hbond substituents is 1. The average molecular weight is 656 g/mol. The molecule has 0 saturated carbocycles. The molecule has 0 bridgehead atoms. The zero-order chi connectivity index (χ0) is 33.9. The van der Waals surface area contributed by atoms with Crippen molar-refractivity contribution in [1.82, 2.24) is 14.5 Å². The van der Waals surface area contributed by atoms with Crippen LogP contribution in [-0.2, 0) is 0 Å². The molecule has 0 fully saturated rings. The predicted octanol–water partition coefficient (Wildman–Crippen LogP) is 11.8. The van der Waals surface area contributed by atoms with E-state index in [-0.39, 0.29) is 5.75 Å². The van der Waals surface area contributed by atoms with Crippen LogP contribution in [0.3, 0.4) is 0 Å². The van der Waals surface area contributed by atoms with Gasteiger partial charge in [-0.05, 0) is 82.1 Å². The highest BCUT2D eigenvalue weighted by atomic mass is 16.3. The second kappa shape index (κ2) is 11.6. The van der Waals surface area contributed by atoms with Gasteiger partial charge in [-0.2, -0.15) is 0 Å². The van der Waals surface area contributed by atoms with E-state index >= 15 is 0 Å².